The van der Waals surface area contributed by atoms with Gasteiger partial charge >= 0.3 is 0 Å². The van der Waals surface area contributed by atoms with Gasteiger partial charge in [-0.1, -0.05) is 0 Å². The van der Waals surface area contributed by atoms with Crippen LogP contribution in [0.4, 0.5) is 0 Å². The fourth-order valence-corrected chi connectivity index (χ4v) is 1.38. The highest BCUT2D eigenvalue weighted by molar-refractivity contribution is 5.88. The summed E-state index contributed by atoms with van der Waals surface area (Å²) in [6.07, 6.45) is 2.07. The Morgan fingerprint density at radius 3 is 2.91 bits per heavy atom. The first kappa shape index (κ1) is 8.22. The zero-order valence-electron chi connectivity index (χ0n) is 6.54. The average molecular weight is 153 g/mol. The van der Waals surface area contributed by atoms with E-state index in [4.69, 9.17) is 10.00 Å². The Hall–Kier alpha value is -0.880. The number of nitriles is 1. The van der Waals surface area contributed by atoms with E-state index < -0.39 is 5.92 Å². The Bertz CT molecular complexity index is 195. The second-order valence-corrected chi connectivity index (χ2v) is 2.74. The summed E-state index contributed by atoms with van der Waals surface area (Å²) in [7, 11) is 1.52. The molecule has 2 atom stereocenters. The van der Waals surface area contributed by atoms with Crippen molar-refractivity contribution in [2.75, 3.05) is 7.11 Å². The summed E-state index contributed by atoms with van der Waals surface area (Å²) in [5, 5.41) is 8.55. The van der Waals surface area contributed by atoms with Gasteiger partial charge in [0.1, 0.15) is 12.0 Å². The zero-order valence-corrected chi connectivity index (χ0v) is 6.54. The highest BCUT2D eigenvalue weighted by atomic mass is 16.5. The molecule has 11 heavy (non-hydrogen) atoms. The molecule has 0 amide bonds. The largest absolute Gasteiger partial charge is 0.374 e. The molecule has 3 nitrogen and oxygen atoms in total. The lowest BCUT2D eigenvalue weighted by Gasteiger charge is -2.22. The van der Waals surface area contributed by atoms with Crippen LogP contribution in [-0.2, 0) is 9.53 Å². The predicted octanol–water partition coefficient (Wildman–Crippen LogP) is 0.894. The third-order valence-corrected chi connectivity index (χ3v) is 2.06. The molecule has 0 aromatic heterocycles. The van der Waals surface area contributed by atoms with Gasteiger partial charge in [0, 0.05) is 7.11 Å². The molecule has 60 valence electrons. The average Bonchev–Trinajstić information content (AvgIpc) is 2.05. The van der Waals surface area contributed by atoms with Crippen molar-refractivity contribution in [3.63, 3.8) is 0 Å². The molecule has 0 saturated heterocycles. The molecule has 0 N–H and O–H groups in total. The summed E-state index contributed by atoms with van der Waals surface area (Å²) < 4.78 is 4.93. The number of ketones is 1. The molecule has 0 bridgehead atoms. The van der Waals surface area contributed by atoms with Crippen LogP contribution in [0.2, 0.25) is 0 Å². The highest BCUT2D eigenvalue weighted by Gasteiger charge is 2.30. The quantitative estimate of drug-likeness (QED) is 0.562. The van der Waals surface area contributed by atoms with E-state index in [2.05, 4.69) is 0 Å². The Morgan fingerprint density at radius 2 is 2.36 bits per heavy atom. The fraction of sp³-hybridized carbons (Fsp3) is 0.750. The first-order chi connectivity index (χ1) is 5.29. The number of nitrogens with zero attached hydrogens (tertiary/aromatic N) is 1. The van der Waals surface area contributed by atoms with Crippen molar-refractivity contribution in [3.8, 4) is 6.07 Å². The number of carbonyl (C=O) groups is 1. The van der Waals surface area contributed by atoms with Gasteiger partial charge in [-0.3, -0.25) is 4.79 Å². The molecule has 1 aliphatic carbocycles. The number of methoxy groups -OCH3 is 1. The van der Waals surface area contributed by atoms with Gasteiger partial charge in [-0.15, -0.1) is 0 Å². The van der Waals surface area contributed by atoms with E-state index in [1.807, 2.05) is 6.07 Å². The van der Waals surface area contributed by atoms with Crippen LogP contribution < -0.4 is 0 Å². The summed E-state index contributed by atoms with van der Waals surface area (Å²) >= 11 is 0. The van der Waals surface area contributed by atoms with Gasteiger partial charge in [-0.2, -0.15) is 5.26 Å². The Balaban J connectivity index is 2.61. The highest BCUT2D eigenvalue weighted by Crippen LogP contribution is 2.21. The molecular weight excluding hydrogens is 142 g/mol. The molecule has 1 fully saturated rings. The van der Waals surface area contributed by atoms with E-state index in [-0.39, 0.29) is 11.9 Å². The monoisotopic (exact) mass is 153 g/mol. The fourth-order valence-electron chi connectivity index (χ4n) is 1.38. The molecule has 1 rings (SSSR count). The van der Waals surface area contributed by atoms with Crippen molar-refractivity contribution < 1.29 is 9.53 Å². The van der Waals surface area contributed by atoms with Crippen molar-refractivity contribution in [1.29, 1.82) is 5.26 Å². The van der Waals surface area contributed by atoms with Gasteiger partial charge in [-0.05, 0) is 19.3 Å². The predicted molar refractivity (Wildman–Crippen MR) is 38.8 cm³/mol. The van der Waals surface area contributed by atoms with Gasteiger partial charge < -0.3 is 4.74 Å². The maximum absolute atomic E-state index is 11.2. The number of hydrogen-bond donors (Lipinski definition) is 0. The molecule has 3 heteroatoms. The number of carbonyl (C=O) groups excluding carboxylic acids is 1. The minimum atomic E-state index is -0.423. The molecule has 0 aliphatic heterocycles. The van der Waals surface area contributed by atoms with E-state index in [0.717, 1.165) is 12.8 Å². The van der Waals surface area contributed by atoms with Crippen molar-refractivity contribution in [2.24, 2.45) is 5.92 Å². The van der Waals surface area contributed by atoms with Gasteiger partial charge in [-0.25, -0.2) is 0 Å². The van der Waals surface area contributed by atoms with Crippen molar-refractivity contribution in [2.45, 2.75) is 25.4 Å². The maximum Gasteiger partial charge on any atom is 0.178 e. The van der Waals surface area contributed by atoms with Crippen molar-refractivity contribution in [3.05, 3.63) is 0 Å². The smallest absolute Gasteiger partial charge is 0.178 e. The summed E-state index contributed by atoms with van der Waals surface area (Å²) in [4.78, 5) is 11.2. The van der Waals surface area contributed by atoms with Gasteiger partial charge in [0.2, 0.25) is 0 Å². The van der Waals surface area contributed by atoms with Crippen molar-refractivity contribution in [1.82, 2.24) is 0 Å². The number of rotatable bonds is 1. The van der Waals surface area contributed by atoms with Crippen LogP contribution in [0.5, 0.6) is 0 Å². The molecule has 0 aromatic rings. The molecule has 0 heterocycles. The van der Waals surface area contributed by atoms with E-state index in [9.17, 15) is 4.79 Å². The van der Waals surface area contributed by atoms with Gasteiger partial charge in [0.25, 0.3) is 0 Å². The SMILES string of the molecule is COC1CCCC(C#N)C1=O. The van der Waals surface area contributed by atoms with Crippen LogP contribution in [0, 0.1) is 17.2 Å². The standard InChI is InChI=1S/C8H11NO2/c1-11-7-4-2-3-6(5-9)8(7)10/h6-7H,2-4H2,1H3. The normalized spacial score (nSPS) is 31.5. The van der Waals surface area contributed by atoms with Crippen LogP contribution in [0.1, 0.15) is 19.3 Å². The summed E-state index contributed by atoms with van der Waals surface area (Å²) in [6.45, 7) is 0. The topological polar surface area (TPSA) is 50.1 Å². The lowest BCUT2D eigenvalue weighted by Crippen LogP contribution is -2.33. The van der Waals surface area contributed by atoms with E-state index >= 15 is 0 Å². The van der Waals surface area contributed by atoms with Crippen LogP contribution in [0.3, 0.4) is 0 Å². The molecular formula is C8H11NO2. The third-order valence-electron chi connectivity index (χ3n) is 2.06. The van der Waals surface area contributed by atoms with Crippen LogP contribution >= 0.6 is 0 Å². The molecule has 1 aliphatic rings. The van der Waals surface area contributed by atoms with Gasteiger partial charge in [0.05, 0.1) is 6.07 Å². The van der Waals surface area contributed by atoms with E-state index in [0.29, 0.717) is 6.42 Å². The summed E-state index contributed by atoms with van der Waals surface area (Å²) in [5.41, 5.74) is 0. The number of ether oxygens (including phenoxy) is 1. The number of hydrogen-bond acceptors (Lipinski definition) is 3. The second kappa shape index (κ2) is 3.49. The third kappa shape index (κ3) is 1.58. The maximum atomic E-state index is 11.2. The Kier molecular flexibility index (Phi) is 2.61. The van der Waals surface area contributed by atoms with Crippen LogP contribution in [0.15, 0.2) is 0 Å². The zero-order chi connectivity index (χ0) is 8.27. The minimum absolute atomic E-state index is 0.0405. The Labute approximate surface area is 66.0 Å². The van der Waals surface area contributed by atoms with Crippen LogP contribution in [-0.4, -0.2) is 19.0 Å². The molecule has 0 aromatic carbocycles. The summed E-state index contributed by atoms with van der Waals surface area (Å²) in [6, 6.07) is 1.99. The van der Waals surface area contributed by atoms with Crippen molar-refractivity contribution >= 4 is 5.78 Å². The first-order valence-electron chi connectivity index (χ1n) is 3.75. The van der Waals surface area contributed by atoms with E-state index in [1.54, 1.807) is 0 Å². The molecule has 0 radical (unpaired) electrons. The lowest BCUT2D eigenvalue weighted by atomic mass is 9.87. The number of Topliss-reactive ketones (excluding diaryl/α,β-unsaturated/α-hetero) is 1. The van der Waals surface area contributed by atoms with Crippen LogP contribution in [0.25, 0.3) is 0 Å². The molecule has 2 unspecified atom stereocenters. The van der Waals surface area contributed by atoms with Gasteiger partial charge in [0.15, 0.2) is 5.78 Å². The first-order valence-corrected chi connectivity index (χ1v) is 3.75. The molecule has 1 saturated carbocycles. The molecule has 0 spiro atoms. The Morgan fingerprint density at radius 1 is 1.64 bits per heavy atom. The second-order valence-electron chi connectivity index (χ2n) is 2.74. The van der Waals surface area contributed by atoms with E-state index in [1.165, 1.54) is 7.11 Å². The minimum Gasteiger partial charge on any atom is -0.374 e. The summed E-state index contributed by atoms with van der Waals surface area (Å²) in [5.74, 6) is -0.463. The lowest BCUT2D eigenvalue weighted by molar-refractivity contribution is -0.134.